The number of nitrogens with one attached hydrogen (secondary N) is 1. The molecule has 2 heterocycles. The van der Waals surface area contributed by atoms with Gasteiger partial charge in [0, 0.05) is 31.9 Å². The number of carbonyl (C=O) groups excluding carboxylic acids is 1. The lowest BCUT2D eigenvalue weighted by molar-refractivity contribution is -0.115. The molecule has 1 aliphatic heterocycles. The van der Waals surface area contributed by atoms with Crippen LogP contribution in [0.25, 0.3) is 0 Å². The molecule has 0 aliphatic carbocycles. The molecule has 7 nitrogen and oxygen atoms in total. The summed E-state index contributed by atoms with van der Waals surface area (Å²) in [7, 11) is -0.476. The molecule has 1 amide bonds. The molecule has 0 atom stereocenters. The van der Waals surface area contributed by atoms with Crippen LogP contribution in [0.5, 0.6) is 0 Å². The molecule has 140 valence electrons. The fraction of sp³-hybridized carbons (Fsp3) is 0.375. The number of halogens is 1. The molecule has 0 saturated carbocycles. The SMILES string of the molecule is CN(C)S(=O)(=O)N1CCc2nc(NC(=O)Cc3ccc(F)cc3)sc2C1. The molecule has 26 heavy (non-hydrogen) atoms. The zero-order valence-electron chi connectivity index (χ0n) is 14.4. The van der Waals surface area contributed by atoms with Crippen LogP contribution >= 0.6 is 11.3 Å². The van der Waals surface area contributed by atoms with E-state index in [2.05, 4.69) is 10.3 Å². The second kappa shape index (κ2) is 7.39. The van der Waals surface area contributed by atoms with Crippen LogP contribution < -0.4 is 5.32 Å². The van der Waals surface area contributed by atoms with Gasteiger partial charge in [-0.1, -0.05) is 12.1 Å². The maximum absolute atomic E-state index is 12.9. The van der Waals surface area contributed by atoms with Crippen LogP contribution in [0.3, 0.4) is 0 Å². The van der Waals surface area contributed by atoms with Crippen molar-refractivity contribution in [2.24, 2.45) is 0 Å². The Morgan fingerprint density at radius 1 is 1.35 bits per heavy atom. The van der Waals surface area contributed by atoms with Crippen LogP contribution in [0.15, 0.2) is 24.3 Å². The second-order valence-electron chi connectivity index (χ2n) is 6.11. The molecule has 0 spiro atoms. The zero-order chi connectivity index (χ0) is 18.9. The lowest BCUT2D eigenvalue weighted by Crippen LogP contribution is -2.42. The Morgan fingerprint density at radius 2 is 2.04 bits per heavy atom. The molecule has 0 unspecified atom stereocenters. The molecule has 0 bridgehead atoms. The Labute approximate surface area is 155 Å². The van der Waals surface area contributed by atoms with Crippen LogP contribution in [0.4, 0.5) is 9.52 Å². The summed E-state index contributed by atoms with van der Waals surface area (Å²) < 4.78 is 40.0. The smallest absolute Gasteiger partial charge is 0.281 e. The van der Waals surface area contributed by atoms with E-state index in [1.165, 1.54) is 46.2 Å². The van der Waals surface area contributed by atoms with Gasteiger partial charge in [0.2, 0.25) is 5.91 Å². The fourth-order valence-electron chi connectivity index (χ4n) is 2.60. The van der Waals surface area contributed by atoms with Gasteiger partial charge in [-0.15, -0.1) is 11.3 Å². The molecule has 10 heteroatoms. The standard InChI is InChI=1S/C16H19FN4O3S2/c1-20(2)26(23,24)21-8-7-13-14(10-21)25-16(18-13)19-15(22)9-11-3-5-12(17)6-4-11/h3-6H,7-10H2,1-2H3,(H,18,19,22). The van der Waals surface area contributed by atoms with Gasteiger partial charge in [-0.05, 0) is 17.7 Å². The van der Waals surface area contributed by atoms with Crippen molar-refractivity contribution in [2.45, 2.75) is 19.4 Å². The topological polar surface area (TPSA) is 82.6 Å². The Hall–Kier alpha value is -1.88. The van der Waals surface area contributed by atoms with Gasteiger partial charge >= 0.3 is 0 Å². The number of anilines is 1. The van der Waals surface area contributed by atoms with Gasteiger partial charge in [-0.25, -0.2) is 9.37 Å². The molecule has 0 radical (unpaired) electrons. The van der Waals surface area contributed by atoms with Crippen molar-refractivity contribution in [3.63, 3.8) is 0 Å². The number of amides is 1. The highest BCUT2D eigenvalue weighted by Gasteiger charge is 2.30. The number of nitrogens with zero attached hydrogens (tertiary/aromatic N) is 3. The Kier molecular flexibility index (Phi) is 5.37. The van der Waals surface area contributed by atoms with E-state index in [1.54, 1.807) is 12.1 Å². The molecular formula is C16H19FN4O3S2. The predicted molar refractivity (Wildman–Crippen MR) is 97.6 cm³/mol. The molecular weight excluding hydrogens is 379 g/mol. The molecule has 1 N–H and O–H groups in total. The fourth-order valence-corrected chi connectivity index (χ4v) is 4.80. The summed E-state index contributed by atoms with van der Waals surface area (Å²) in [6.45, 7) is 0.613. The monoisotopic (exact) mass is 398 g/mol. The minimum absolute atomic E-state index is 0.117. The van der Waals surface area contributed by atoms with Crippen molar-refractivity contribution in [3.8, 4) is 0 Å². The van der Waals surface area contributed by atoms with Crippen LogP contribution in [0.2, 0.25) is 0 Å². The molecule has 2 aromatic rings. The van der Waals surface area contributed by atoms with E-state index >= 15 is 0 Å². The second-order valence-corrected chi connectivity index (χ2v) is 9.34. The Morgan fingerprint density at radius 3 is 2.69 bits per heavy atom. The lowest BCUT2D eigenvalue weighted by Gasteiger charge is -2.27. The highest BCUT2D eigenvalue weighted by molar-refractivity contribution is 7.86. The molecule has 1 aromatic heterocycles. The van der Waals surface area contributed by atoms with Gasteiger partial charge in [0.15, 0.2) is 5.13 Å². The minimum atomic E-state index is -3.47. The average Bonchev–Trinajstić information content (AvgIpc) is 2.97. The van der Waals surface area contributed by atoms with Gasteiger partial charge in [0.1, 0.15) is 5.82 Å². The maximum atomic E-state index is 12.9. The predicted octanol–water partition coefficient (Wildman–Crippen LogP) is 1.63. The molecule has 1 aliphatic rings. The van der Waals surface area contributed by atoms with Crippen LogP contribution in [-0.2, 0) is 34.4 Å². The van der Waals surface area contributed by atoms with Gasteiger partial charge in [-0.3, -0.25) is 4.79 Å². The number of hydrogen-bond acceptors (Lipinski definition) is 5. The maximum Gasteiger partial charge on any atom is 0.281 e. The lowest BCUT2D eigenvalue weighted by atomic mass is 10.1. The summed E-state index contributed by atoms with van der Waals surface area (Å²) in [6, 6.07) is 5.74. The minimum Gasteiger partial charge on any atom is -0.302 e. The largest absolute Gasteiger partial charge is 0.302 e. The van der Waals surface area contributed by atoms with Gasteiger partial charge in [-0.2, -0.15) is 17.0 Å². The summed E-state index contributed by atoms with van der Waals surface area (Å²) in [6.07, 6.45) is 0.623. The van der Waals surface area contributed by atoms with E-state index in [4.69, 9.17) is 0 Å². The number of fused-ring (bicyclic) bond motifs is 1. The first kappa shape index (κ1) is 18.9. The summed E-state index contributed by atoms with van der Waals surface area (Å²) in [4.78, 5) is 17.4. The van der Waals surface area contributed by atoms with Crippen molar-refractivity contribution in [2.75, 3.05) is 26.0 Å². The Balaban J connectivity index is 1.66. The van der Waals surface area contributed by atoms with Gasteiger partial charge in [0.25, 0.3) is 10.2 Å². The third-order valence-electron chi connectivity index (χ3n) is 4.01. The molecule has 0 saturated heterocycles. The zero-order valence-corrected chi connectivity index (χ0v) is 16.0. The van der Waals surface area contributed by atoms with Crippen molar-refractivity contribution >= 4 is 32.6 Å². The van der Waals surface area contributed by atoms with Gasteiger partial charge in [0.05, 0.1) is 18.7 Å². The van der Waals surface area contributed by atoms with Gasteiger partial charge < -0.3 is 5.32 Å². The third kappa shape index (κ3) is 4.09. The highest BCUT2D eigenvalue weighted by Crippen LogP contribution is 2.29. The van der Waals surface area contributed by atoms with Crippen molar-refractivity contribution in [1.82, 2.24) is 13.6 Å². The highest BCUT2D eigenvalue weighted by atomic mass is 32.2. The summed E-state index contributed by atoms with van der Waals surface area (Å²) in [5, 5.41) is 3.19. The first-order chi connectivity index (χ1) is 12.3. The number of carbonyl (C=O) groups is 1. The van der Waals surface area contributed by atoms with E-state index in [0.29, 0.717) is 23.7 Å². The Bertz CT molecular complexity index is 910. The van der Waals surface area contributed by atoms with Crippen molar-refractivity contribution in [1.29, 1.82) is 0 Å². The van der Waals surface area contributed by atoms with Crippen LogP contribution in [0.1, 0.15) is 16.1 Å². The molecule has 3 rings (SSSR count). The number of thiazole rings is 1. The first-order valence-electron chi connectivity index (χ1n) is 7.96. The van der Waals surface area contributed by atoms with Crippen LogP contribution in [0, 0.1) is 5.82 Å². The van der Waals surface area contributed by atoms with Crippen molar-refractivity contribution in [3.05, 3.63) is 46.2 Å². The number of aromatic nitrogens is 1. The number of rotatable bonds is 5. The van der Waals surface area contributed by atoms with E-state index in [9.17, 15) is 17.6 Å². The summed E-state index contributed by atoms with van der Waals surface area (Å²) >= 11 is 1.28. The summed E-state index contributed by atoms with van der Waals surface area (Å²) in [5.74, 6) is -0.598. The van der Waals surface area contributed by atoms with Crippen molar-refractivity contribution < 1.29 is 17.6 Å². The molecule has 0 fully saturated rings. The van der Waals surface area contributed by atoms with Crippen LogP contribution in [-0.4, -0.2) is 48.6 Å². The average molecular weight is 398 g/mol. The third-order valence-corrected chi connectivity index (χ3v) is 6.89. The number of hydrogen-bond donors (Lipinski definition) is 1. The molecule has 1 aromatic carbocycles. The van der Waals surface area contributed by atoms with E-state index in [-0.39, 0.29) is 24.7 Å². The normalized spacial score (nSPS) is 15.1. The number of benzene rings is 1. The van der Waals surface area contributed by atoms with E-state index in [1.807, 2.05) is 0 Å². The quantitative estimate of drug-likeness (QED) is 0.830. The first-order valence-corrected chi connectivity index (χ1v) is 10.2. The summed E-state index contributed by atoms with van der Waals surface area (Å²) in [5.41, 5.74) is 1.52. The van der Waals surface area contributed by atoms with E-state index < -0.39 is 10.2 Å². The van der Waals surface area contributed by atoms with E-state index in [0.717, 1.165) is 10.6 Å².